The van der Waals surface area contributed by atoms with E-state index in [-0.39, 0.29) is 0 Å². The predicted molar refractivity (Wildman–Crippen MR) is 295 cm³/mol. The van der Waals surface area contributed by atoms with Gasteiger partial charge in [0.15, 0.2) is 17.5 Å². The highest BCUT2D eigenvalue weighted by atomic mass is 15.0. The molecule has 0 unspecified atom stereocenters. The fourth-order valence-electron chi connectivity index (χ4n) is 10.5. The minimum Gasteiger partial charge on any atom is -0.309 e. The van der Waals surface area contributed by atoms with Crippen LogP contribution in [0.5, 0.6) is 0 Å². The van der Waals surface area contributed by atoms with Crippen LogP contribution in [-0.2, 0) is 0 Å². The number of fused-ring (bicyclic) bond motifs is 6. The van der Waals surface area contributed by atoms with Crippen LogP contribution in [0.3, 0.4) is 0 Å². The van der Waals surface area contributed by atoms with Crippen molar-refractivity contribution in [3.63, 3.8) is 0 Å². The van der Waals surface area contributed by atoms with Crippen molar-refractivity contribution < 1.29 is 0 Å². The van der Waals surface area contributed by atoms with E-state index in [2.05, 4.69) is 161 Å². The number of benzene rings is 10. The molecular weight excluding hydrogens is 905 g/mol. The lowest BCUT2D eigenvalue weighted by atomic mass is 9.95. The second-order valence-electron chi connectivity index (χ2n) is 18.2. The van der Waals surface area contributed by atoms with E-state index in [0.717, 1.165) is 105 Å². The Morgan fingerprint density at radius 3 is 1.03 bits per heavy atom. The van der Waals surface area contributed by atoms with Gasteiger partial charge >= 0.3 is 0 Å². The Morgan fingerprint density at radius 1 is 0.270 bits per heavy atom. The van der Waals surface area contributed by atoms with Crippen molar-refractivity contribution in [3.05, 3.63) is 247 Å². The normalized spacial score (nSPS) is 11.2. The Bertz CT molecular complexity index is 4190. The van der Waals surface area contributed by atoms with Crippen molar-refractivity contribution in [2.45, 2.75) is 0 Å². The first-order chi connectivity index (χ1) is 36.5. The number of rotatable bonds is 8. The second kappa shape index (κ2) is 17.9. The molecule has 0 aliphatic heterocycles. The Hall–Kier alpha value is -10.7. The molecule has 0 spiro atoms. The van der Waals surface area contributed by atoms with Gasteiger partial charge in [-0.15, -0.1) is 0 Å². The van der Waals surface area contributed by atoms with Gasteiger partial charge < -0.3 is 9.13 Å². The van der Waals surface area contributed by atoms with E-state index in [1.165, 1.54) is 0 Å². The van der Waals surface area contributed by atoms with Crippen LogP contribution in [0.25, 0.3) is 123 Å². The Balaban J connectivity index is 1.06. The Morgan fingerprint density at radius 2 is 0.622 bits per heavy atom. The van der Waals surface area contributed by atoms with Crippen molar-refractivity contribution in [2.75, 3.05) is 0 Å². The molecule has 0 N–H and O–H groups in total. The lowest BCUT2D eigenvalue weighted by Gasteiger charge is -2.17. The first kappa shape index (κ1) is 43.3. The molecule has 0 saturated carbocycles. The quantitative estimate of drug-likeness (QED) is 0.150. The molecule has 0 saturated heterocycles. The number of hydrogen-bond acceptors (Lipinski definition) is 6. The number of nitrogens with zero attached hydrogens (tertiary/aromatic N) is 8. The van der Waals surface area contributed by atoms with Crippen LogP contribution in [0.15, 0.2) is 231 Å². The van der Waals surface area contributed by atoms with Gasteiger partial charge in [0.2, 0.25) is 0 Å². The first-order valence-electron chi connectivity index (χ1n) is 24.2. The van der Waals surface area contributed by atoms with Crippen molar-refractivity contribution >= 4 is 43.6 Å². The summed E-state index contributed by atoms with van der Waals surface area (Å²) in [5.74, 6) is 1.32. The minimum absolute atomic E-state index is 0.435. The molecule has 0 amide bonds. The molecule has 13 rings (SSSR count). The minimum atomic E-state index is 0.435. The van der Waals surface area contributed by atoms with Crippen LogP contribution in [0.2, 0.25) is 0 Å². The lowest BCUT2D eigenvalue weighted by Crippen LogP contribution is -2.03. The third-order valence-corrected chi connectivity index (χ3v) is 13.9. The van der Waals surface area contributed by atoms with Crippen molar-refractivity contribution in [2.24, 2.45) is 0 Å². The summed E-state index contributed by atoms with van der Waals surface area (Å²) >= 11 is 0. The molecule has 8 nitrogen and oxygen atoms in total. The molecule has 8 heteroatoms. The van der Waals surface area contributed by atoms with Crippen molar-refractivity contribution in [1.82, 2.24) is 24.1 Å². The molecule has 3 heterocycles. The maximum Gasteiger partial charge on any atom is 0.164 e. The van der Waals surface area contributed by atoms with E-state index in [1.807, 2.05) is 91.0 Å². The first-order valence-corrected chi connectivity index (χ1v) is 24.2. The van der Waals surface area contributed by atoms with Gasteiger partial charge in [0.25, 0.3) is 0 Å². The SMILES string of the molecule is N#Cc1cccc(-c2ccc(-c3nc(-c4ccc(-n5c6ccccc6c6ccccc65)cc4-c4cccc(C#N)c4)nc(-c4ccc(-n5c6ccccc6c6ccccc65)cc4-c4cccc(C#N)c4)n3)cc2)c1. The average Bonchev–Trinajstić information content (AvgIpc) is 4.01. The molecular formula is C66H38N8. The number of aromatic nitrogens is 5. The van der Waals surface area contributed by atoms with Gasteiger partial charge in [-0.3, -0.25) is 0 Å². The zero-order chi connectivity index (χ0) is 49.7. The van der Waals surface area contributed by atoms with Crippen molar-refractivity contribution in [1.29, 1.82) is 15.8 Å². The largest absolute Gasteiger partial charge is 0.309 e. The number of hydrogen-bond donors (Lipinski definition) is 0. The molecule has 13 aromatic rings. The summed E-state index contributed by atoms with van der Waals surface area (Å²) in [7, 11) is 0. The van der Waals surface area contributed by atoms with Crippen LogP contribution in [0, 0.1) is 34.0 Å². The number of nitriles is 3. The van der Waals surface area contributed by atoms with Gasteiger partial charge in [-0.2, -0.15) is 15.8 Å². The van der Waals surface area contributed by atoms with E-state index >= 15 is 0 Å². The van der Waals surface area contributed by atoms with Gasteiger partial charge in [0.05, 0.1) is 57.0 Å². The zero-order valence-electron chi connectivity index (χ0n) is 39.5. The fraction of sp³-hybridized carbons (Fsp3) is 0. The molecule has 0 aliphatic rings. The van der Waals surface area contributed by atoms with Crippen LogP contribution in [0.1, 0.15) is 16.7 Å². The van der Waals surface area contributed by atoms with Crippen LogP contribution in [-0.4, -0.2) is 24.1 Å². The third kappa shape index (κ3) is 7.42. The topological polar surface area (TPSA) is 120 Å². The summed E-state index contributed by atoms with van der Waals surface area (Å²) in [4.78, 5) is 16.1. The van der Waals surface area contributed by atoms with Gasteiger partial charge in [-0.1, -0.05) is 133 Å². The summed E-state index contributed by atoms with van der Waals surface area (Å²) in [5.41, 5.74) is 15.3. The lowest BCUT2D eigenvalue weighted by molar-refractivity contribution is 1.07. The highest BCUT2D eigenvalue weighted by molar-refractivity contribution is 6.10. The third-order valence-electron chi connectivity index (χ3n) is 13.9. The van der Waals surface area contributed by atoms with E-state index < -0.39 is 0 Å². The summed E-state index contributed by atoms with van der Waals surface area (Å²) in [6, 6.07) is 84.3. The molecule has 0 aliphatic carbocycles. The number of para-hydroxylation sites is 4. The summed E-state index contributed by atoms with van der Waals surface area (Å²) in [6.45, 7) is 0. The summed E-state index contributed by atoms with van der Waals surface area (Å²) in [6.07, 6.45) is 0. The second-order valence-corrected chi connectivity index (χ2v) is 18.2. The van der Waals surface area contributed by atoms with Gasteiger partial charge in [0.1, 0.15) is 0 Å². The van der Waals surface area contributed by atoms with Crippen LogP contribution in [0.4, 0.5) is 0 Å². The maximum atomic E-state index is 10.2. The van der Waals surface area contributed by atoms with E-state index in [0.29, 0.717) is 34.2 Å². The molecule has 3 aromatic heterocycles. The van der Waals surface area contributed by atoms with E-state index in [4.69, 9.17) is 15.0 Å². The van der Waals surface area contributed by atoms with Crippen molar-refractivity contribution in [3.8, 4) is 97.1 Å². The van der Waals surface area contributed by atoms with Gasteiger partial charge in [-0.05, 0) is 130 Å². The highest BCUT2D eigenvalue weighted by Crippen LogP contribution is 2.41. The summed E-state index contributed by atoms with van der Waals surface area (Å²) < 4.78 is 4.56. The Kier molecular flexibility index (Phi) is 10.5. The average molecular weight is 943 g/mol. The monoisotopic (exact) mass is 942 g/mol. The van der Waals surface area contributed by atoms with E-state index in [1.54, 1.807) is 6.07 Å². The molecule has 0 fully saturated rings. The molecule has 0 bridgehead atoms. The predicted octanol–water partition coefficient (Wildman–Crippen LogP) is 15.7. The van der Waals surface area contributed by atoms with E-state index in [9.17, 15) is 15.8 Å². The van der Waals surface area contributed by atoms with Crippen LogP contribution < -0.4 is 0 Å². The molecule has 10 aromatic carbocycles. The molecule has 0 radical (unpaired) electrons. The molecule has 74 heavy (non-hydrogen) atoms. The Labute approximate surface area is 425 Å². The maximum absolute atomic E-state index is 10.2. The smallest absolute Gasteiger partial charge is 0.164 e. The standard InChI is InChI=1S/C66H38N8/c67-39-42-12-9-15-47(34-42)45-26-28-46(29-27-45)64-70-65(56-32-30-50(37-58(56)48-16-10-13-43(35-48)40-68)73-60-22-5-1-18-52(60)53-19-2-6-23-61(53)73)72-66(71-64)57-33-31-51(38-59(57)49-17-11-14-44(36-49)41-69)74-62-24-7-3-20-54(62)55-21-4-8-25-63(55)74/h1-38H. The highest BCUT2D eigenvalue weighted by Gasteiger charge is 2.22. The van der Waals surface area contributed by atoms with Crippen LogP contribution >= 0.6 is 0 Å². The van der Waals surface area contributed by atoms with Gasteiger partial charge in [-0.25, -0.2) is 15.0 Å². The fourth-order valence-corrected chi connectivity index (χ4v) is 10.5. The molecule has 342 valence electrons. The molecule has 0 atom stereocenters. The summed E-state index contributed by atoms with van der Waals surface area (Å²) in [5, 5.41) is 34.7. The zero-order valence-corrected chi connectivity index (χ0v) is 39.5. The van der Waals surface area contributed by atoms with Gasteiger partial charge in [0, 0.05) is 49.6 Å².